The number of nitrogens with zero attached hydrogens (tertiary/aromatic N) is 2. The summed E-state index contributed by atoms with van der Waals surface area (Å²) in [5.41, 5.74) is -0.0520. The van der Waals surface area contributed by atoms with Crippen LogP contribution in [0.15, 0.2) is 0 Å². The predicted octanol–water partition coefficient (Wildman–Crippen LogP) is 1.18. The Balaban J connectivity index is 0.00000180. The van der Waals surface area contributed by atoms with Gasteiger partial charge < -0.3 is 10.1 Å². The van der Waals surface area contributed by atoms with Crippen molar-refractivity contribution < 1.29 is 9.53 Å². The molecule has 0 aliphatic carbocycles. The van der Waals surface area contributed by atoms with Gasteiger partial charge in [-0.2, -0.15) is 0 Å². The lowest BCUT2D eigenvalue weighted by atomic mass is 9.98. The normalized spacial score (nSPS) is 19.6. The van der Waals surface area contributed by atoms with E-state index in [4.69, 9.17) is 4.74 Å². The summed E-state index contributed by atoms with van der Waals surface area (Å²) < 4.78 is 5.37. The lowest BCUT2D eigenvalue weighted by molar-refractivity contribution is -0.128. The number of anilines is 1. The molecule has 0 bridgehead atoms. The molecule has 1 amide bonds. The molecule has 1 aromatic rings. The summed E-state index contributed by atoms with van der Waals surface area (Å²) in [4.78, 5) is 11.9. The van der Waals surface area contributed by atoms with Gasteiger partial charge in [-0.25, -0.2) is 0 Å². The Morgan fingerprint density at radius 3 is 2.74 bits per heavy atom. The monoisotopic (exact) mass is 306 g/mol. The Morgan fingerprint density at radius 2 is 2.21 bits per heavy atom. The summed E-state index contributed by atoms with van der Waals surface area (Å²) in [6.45, 7) is 8.07. The van der Waals surface area contributed by atoms with Gasteiger partial charge in [-0.3, -0.25) is 10.1 Å². The van der Waals surface area contributed by atoms with Crippen LogP contribution in [0.4, 0.5) is 5.13 Å². The lowest BCUT2D eigenvalue weighted by Gasteiger charge is -2.21. The van der Waals surface area contributed by atoms with E-state index < -0.39 is 6.10 Å². The number of hydrogen-bond acceptors (Lipinski definition) is 6. The molecule has 2 N–H and O–H groups in total. The molecule has 0 spiro atoms. The van der Waals surface area contributed by atoms with Crippen molar-refractivity contribution in [3.8, 4) is 0 Å². The number of morpholine rings is 1. The number of aromatic nitrogens is 2. The Hall–Kier alpha value is -0.760. The molecular formula is C11H19ClN4O2S. The van der Waals surface area contributed by atoms with Gasteiger partial charge in [0.05, 0.1) is 6.61 Å². The molecule has 0 aromatic carbocycles. The number of hydrogen-bond donors (Lipinski definition) is 2. The second kappa shape index (κ2) is 6.60. The van der Waals surface area contributed by atoms with E-state index >= 15 is 0 Å². The smallest absolute Gasteiger partial charge is 0.256 e. The molecule has 1 fully saturated rings. The molecule has 1 aliphatic rings. The fraction of sp³-hybridized carbons (Fsp3) is 0.727. The topological polar surface area (TPSA) is 76.1 Å². The highest BCUT2D eigenvalue weighted by atomic mass is 35.5. The Kier molecular flexibility index (Phi) is 5.66. The van der Waals surface area contributed by atoms with Crippen LogP contribution in [0.5, 0.6) is 0 Å². The number of nitrogens with one attached hydrogen (secondary N) is 2. The Labute approximate surface area is 122 Å². The van der Waals surface area contributed by atoms with Crippen molar-refractivity contribution in [3.05, 3.63) is 5.01 Å². The molecule has 108 valence electrons. The molecule has 6 nitrogen and oxygen atoms in total. The summed E-state index contributed by atoms with van der Waals surface area (Å²) in [7, 11) is 0. The molecule has 1 aromatic heterocycles. The zero-order valence-electron chi connectivity index (χ0n) is 11.2. The fourth-order valence-electron chi connectivity index (χ4n) is 1.50. The number of amides is 1. The maximum atomic E-state index is 11.9. The zero-order chi connectivity index (χ0) is 13.2. The molecule has 2 rings (SSSR count). The first kappa shape index (κ1) is 16.3. The molecule has 0 saturated carbocycles. The summed E-state index contributed by atoms with van der Waals surface area (Å²) in [6, 6.07) is 0. The molecule has 1 aliphatic heterocycles. The number of ether oxygens (including phenoxy) is 1. The van der Waals surface area contributed by atoms with Crippen LogP contribution in [0.1, 0.15) is 25.8 Å². The maximum Gasteiger partial charge on any atom is 0.256 e. The Morgan fingerprint density at radius 1 is 1.47 bits per heavy atom. The van der Waals surface area contributed by atoms with E-state index in [1.54, 1.807) is 0 Å². The number of carbonyl (C=O) groups is 1. The third-order valence-electron chi connectivity index (χ3n) is 2.52. The van der Waals surface area contributed by atoms with E-state index in [9.17, 15) is 4.79 Å². The van der Waals surface area contributed by atoms with Crippen molar-refractivity contribution in [1.82, 2.24) is 15.5 Å². The molecular weight excluding hydrogens is 288 g/mol. The summed E-state index contributed by atoms with van der Waals surface area (Å²) >= 11 is 1.40. The van der Waals surface area contributed by atoms with Crippen LogP contribution in [0.25, 0.3) is 0 Å². The van der Waals surface area contributed by atoms with Crippen LogP contribution in [0, 0.1) is 0 Å². The van der Waals surface area contributed by atoms with Crippen molar-refractivity contribution in [3.63, 3.8) is 0 Å². The quantitative estimate of drug-likeness (QED) is 0.858. The van der Waals surface area contributed by atoms with Crippen molar-refractivity contribution >= 4 is 34.8 Å². The van der Waals surface area contributed by atoms with Crippen LogP contribution < -0.4 is 10.6 Å². The highest BCUT2D eigenvalue weighted by Crippen LogP contribution is 2.27. The van der Waals surface area contributed by atoms with E-state index in [0.29, 0.717) is 18.3 Å². The van der Waals surface area contributed by atoms with Crippen LogP contribution in [0.3, 0.4) is 0 Å². The zero-order valence-corrected chi connectivity index (χ0v) is 12.9. The highest BCUT2D eigenvalue weighted by molar-refractivity contribution is 7.15. The third kappa shape index (κ3) is 4.38. The largest absolute Gasteiger partial charge is 0.366 e. The van der Waals surface area contributed by atoms with Crippen LogP contribution in [0.2, 0.25) is 0 Å². The maximum absolute atomic E-state index is 11.9. The second-order valence-electron chi connectivity index (χ2n) is 5.22. The van der Waals surface area contributed by atoms with E-state index in [0.717, 1.165) is 11.6 Å². The van der Waals surface area contributed by atoms with Gasteiger partial charge in [0.1, 0.15) is 11.1 Å². The fourth-order valence-corrected chi connectivity index (χ4v) is 2.30. The average molecular weight is 307 g/mol. The number of rotatable bonds is 2. The standard InChI is InChI=1S/C11H18N4O2S.ClH/c1-11(2,3)9-14-15-10(18-9)13-8(16)7-6-12-4-5-17-7;/h7,12H,4-6H2,1-3H3,(H,13,15,16);1H. The van der Waals surface area contributed by atoms with Crippen LogP contribution >= 0.6 is 23.7 Å². The number of halogens is 1. The third-order valence-corrected chi connectivity index (χ3v) is 3.78. The van der Waals surface area contributed by atoms with Crippen LogP contribution in [-0.2, 0) is 14.9 Å². The van der Waals surface area contributed by atoms with Gasteiger partial charge in [0.25, 0.3) is 5.91 Å². The first-order valence-electron chi connectivity index (χ1n) is 5.94. The highest BCUT2D eigenvalue weighted by Gasteiger charge is 2.24. The van der Waals surface area contributed by atoms with Gasteiger partial charge >= 0.3 is 0 Å². The SMILES string of the molecule is CC(C)(C)c1nnc(NC(=O)C2CNCCO2)s1.Cl. The van der Waals surface area contributed by atoms with E-state index in [2.05, 4.69) is 41.6 Å². The van der Waals surface area contributed by atoms with E-state index in [1.807, 2.05) is 0 Å². The second-order valence-corrected chi connectivity index (χ2v) is 6.19. The van der Waals surface area contributed by atoms with Crippen molar-refractivity contribution in [2.24, 2.45) is 0 Å². The lowest BCUT2D eigenvalue weighted by Crippen LogP contribution is -2.45. The summed E-state index contributed by atoms with van der Waals surface area (Å²) in [6.07, 6.45) is -0.444. The molecule has 19 heavy (non-hydrogen) atoms. The summed E-state index contributed by atoms with van der Waals surface area (Å²) in [5.74, 6) is -0.168. The van der Waals surface area contributed by atoms with Crippen molar-refractivity contribution in [2.75, 3.05) is 25.0 Å². The minimum absolute atomic E-state index is 0. The average Bonchev–Trinajstić information content (AvgIpc) is 2.78. The first-order chi connectivity index (χ1) is 8.47. The molecule has 0 radical (unpaired) electrons. The van der Waals surface area contributed by atoms with Gasteiger partial charge in [-0.05, 0) is 0 Å². The first-order valence-corrected chi connectivity index (χ1v) is 6.75. The predicted molar refractivity (Wildman–Crippen MR) is 77.1 cm³/mol. The molecule has 2 heterocycles. The van der Waals surface area contributed by atoms with Crippen LogP contribution in [-0.4, -0.2) is 41.9 Å². The van der Waals surface area contributed by atoms with E-state index in [-0.39, 0.29) is 23.7 Å². The minimum atomic E-state index is -0.444. The van der Waals surface area contributed by atoms with Gasteiger partial charge in [-0.15, -0.1) is 22.6 Å². The van der Waals surface area contributed by atoms with Crippen molar-refractivity contribution in [2.45, 2.75) is 32.3 Å². The van der Waals surface area contributed by atoms with Crippen molar-refractivity contribution in [1.29, 1.82) is 0 Å². The van der Waals surface area contributed by atoms with Gasteiger partial charge in [0.15, 0.2) is 0 Å². The Bertz CT molecular complexity index is 427. The minimum Gasteiger partial charge on any atom is -0.366 e. The van der Waals surface area contributed by atoms with E-state index in [1.165, 1.54) is 11.3 Å². The molecule has 8 heteroatoms. The number of carbonyl (C=O) groups excluding carboxylic acids is 1. The molecule has 1 unspecified atom stereocenters. The molecule has 1 atom stereocenters. The van der Waals surface area contributed by atoms with Gasteiger partial charge in [-0.1, -0.05) is 32.1 Å². The molecule has 1 saturated heterocycles. The van der Waals surface area contributed by atoms with Gasteiger partial charge in [0.2, 0.25) is 5.13 Å². The van der Waals surface area contributed by atoms with Gasteiger partial charge in [0, 0.05) is 18.5 Å². The summed E-state index contributed by atoms with van der Waals surface area (Å²) in [5, 5.41) is 15.3.